The van der Waals surface area contributed by atoms with E-state index in [4.69, 9.17) is 5.11 Å². The van der Waals surface area contributed by atoms with Gasteiger partial charge in [-0.05, 0) is 37.1 Å². The van der Waals surface area contributed by atoms with Gasteiger partial charge in [-0.25, -0.2) is 8.42 Å². The Balaban J connectivity index is 1.95. The molecule has 2 N–H and O–H groups in total. The van der Waals surface area contributed by atoms with Gasteiger partial charge in [0.15, 0.2) is 9.84 Å². The molecule has 1 aromatic carbocycles. The summed E-state index contributed by atoms with van der Waals surface area (Å²) in [5.41, 5.74) is 0.942. The minimum absolute atomic E-state index is 0.185. The maximum atomic E-state index is 12.0. The van der Waals surface area contributed by atoms with Crippen LogP contribution in [0.2, 0.25) is 0 Å². The molecule has 0 aromatic heterocycles. The number of aryl methyl sites for hydroxylation is 1. The van der Waals surface area contributed by atoms with Gasteiger partial charge in [0.1, 0.15) is 5.75 Å². The lowest BCUT2D eigenvalue weighted by Gasteiger charge is -2.10. The maximum absolute atomic E-state index is 12.0. The predicted octanol–water partition coefficient (Wildman–Crippen LogP) is 0.711. The number of rotatable bonds is 4. The molecule has 5 heteroatoms. The molecule has 0 aliphatic carbocycles. The standard InChI is InChI=1S/C12H17NO3S/c14-11-3-1-10(2-4-11)6-8-17(15,16)12-5-7-13-9-12/h1-4,12-14H,5-9H2. The number of phenols is 1. The van der Waals surface area contributed by atoms with Gasteiger partial charge < -0.3 is 10.4 Å². The lowest BCUT2D eigenvalue weighted by molar-refractivity contribution is 0.475. The third kappa shape index (κ3) is 3.20. The van der Waals surface area contributed by atoms with E-state index in [1.54, 1.807) is 24.3 Å². The molecular formula is C12H17NO3S. The molecule has 0 spiro atoms. The van der Waals surface area contributed by atoms with Crippen LogP contribution in [-0.2, 0) is 16.3 Å². The molecule has 1 aromatic rings. The van der Waals surface area contributed by atoms with Crippen LogP contribution in [0.25, 0.3) is 0 Å². The summed E-state index contributed by atoms with van der Waals surface area (Å²) in [5, 5.41) is 12.0. The SMILES string of the molecule is O=S(=O)(CCc1ccc(O)cc1)C1CCNC1. The van der Waals surface area contributed by atoms with E-state index in [1.807, 2.05) is 0 Å². The maximum Gasteiger partial charge on any atom is 0.154 e. The van der Waals surface area contributed by atoms with Gasteiger partial charge in [0.25, 0.3) is 0 Å². The Bertz CT molecular complexity index is 461. The van der Waals surface area contributed by atoms with Crippen LogP contribution in [0.1, 0.15) is 12.0 Å². The van der Waals surface area contributed by atoms with Crippen molar-refractivity contribution >= 4 is 9.84 Å². The first kappa shape index (κ1) is 12.4. The van der Waals surface area contributed by atoms with Crippen LogP contribution >= 0.6 is 0 Å². The summed E-state index contributed by atoms with van der Waals surface area (Å²) in [4.78, 5) is 0. The molecule has 1 heterocycles. The van der Waals surface area contributed by atoms with Gasteiger partial charge in [0.05, 0.1) is 11.0 Å². The zero-order chi connectivity index (χ0) is 12.3. The van der Waals surface area contributed by atoms with Gasteiger partial charge in [0.2, 0.25) is 0 Å². The highest BCUT2D eigenvalue weighted by Gasteiger charge is 2.27. The summed E-state index contributed by atoms with van der Waals surface area (Å²) < 4.78 is 24.0. The summed E-state index contributed by atoms with van der Waals surface area (Å²) in [6, 6.07) is 6.69. The van der Waals surface area contributed by atoms with Crippen molar-refractivity contribution in [3.63, 3.8) is 0 Å². The molecule has 0 bridgehead atoms. The smallest absolute Gasteiger partial charge is 0.154 e. The first-order valence-electron chi connectivity index (χ1n) is 5.78. The summed E-state index contributed by atoms with van der Waals surface area (Å²) in [7, 11) is -2.99. The average molecular weight is 255 g/mol. The fraction of sp³-hybridized carbons (Fsp3) is 0.500. The van der Waals surface area contributed by atoms with Crippen LogP contribution in [0.15, 0.2) is 24.3 Å². The molecule has 0 saturated carbocycles. The molecule has 0 amide bonds. The monoisotopic (exact) mass is 255 g/mol. The summed E-state index contributed by atoms with van der Waals surface area (Å²) in [5.74, 6) is 0.390. The Morgan fingerprint density at radius 1 is 1.29 bits per heavy atom. The molecule has 4 nitrogen and oxygen atoms in total. The van der Waals surface area contributed by atoms with E-state index in [-0.39, 0.29) is 16.8 Å². The minimum Gasteiger partial charge on any atom is -0.508 e. The Labute approximate surface area is 102 Å². The summed E-state index contributed by atoms with van der Waals surface area (Å²) in [6.45, 7) is 1.38. The van der Waals surface area contributed by atoms with Crippen LogP contribution in [0, 0.1) is 0 Å². The highest BCUT2D eigenvalue weighted by atomic mass is 32.2. The van der Waals surface area contributed by atoms with Crippen molar-refractivity contribution in [2.24, 2.45) is 0 Å². The number of phenolic OH excluding ortho intramolecular Hbond substituents is 1. The number of hydrogen-bond donors (Lipinski definition) is 2. The van der Waals surface area contributed by atoms with E-state index in [9.17, 15) is 8.42 Å². The summed E-state index contributed by atoms with van der Waals surface area (Å²) in [6.07, 6.45) is 1.23. The molecule has 1 unspecified atom stereocenters. The molecule has 94 valence electrons. The van der Waals surface area contributed by atoms with Crippen LogP contribution in [0.4, 0.5) is 0 Å². The molecule has 1 atom stereocenters. The Kier molecular flexibility index (Phi) is 3.69. The number of aromatic hydroxyl groups is 1. The molecular weight excluding hydrogens is 238 g/mol. The lowest BCUT2D eigenvalue weighted by Crippen LogP contribution is -2.27. The van der Waals surface area contributed by atoms with E-state index in [0.717, 1.165) is 18.5 Å². The van der Waals surface area contributed by atoms with Gasteiger partial charge in [-0.2, -0.15) is 0 Å². The molecule has 17 heavy (non-hydrogen) atoms. The first-order valence-corrected chi connectivity index (χ1v) is 7.50. The van der Waals surface area contributed by atoms with Gasteiger partial charge in [-0.1, -0.05) is 12.1 Å². The normalized spacial score (nSPS) is 20.6. The topological polar surface area (TPSA) is 66.4 Å². The van der Waals surface area contributed by atoms with Crippen molar-refractivity contribution < 1.29 is 13.5 Å². The fourth-order valence-electron chi connectivity index (χ4n) is 2.02. The molecule has 1 aliphatic heterocycles. The second-order valence-electron chi connectivity index (χ2n) is 4.40. The number of sulfone groups is 1. The van der Waals surface area contributed by atoms with Crippen LogP contribution < -0.4 is 5.32 Å². The predicted molar refractivity (Wildman–Crippen MR) is 66.9 cm³/mol. The van der Waals surface area contributed by atoms with Crippen molar-refractivity contribution in [3.05, 3.63) is 29.8 Å². The molecule has 2 rings (SSSR count). The average Bonchev–Trinajstić information content (AvgIpc) is 2.82. The fourth-order valence-corrected chi connectivity index (χ4v) is 3.73. The Morgan fingerprint density at radius 3 is 2.59 bits per heavy atom. The van der Waals surface area contributed by atoms with E-state index in [0.29, 0.717) is 13.0 Å². The molecule has 1 fully saturated rings. The van der Waals surface area contributed by atoms with Gasteiger partial charge >= 0.3 is 0 Å². The number of hydrogen-bond acceptors (Lipinski definition) is 4. The van der Waals surface area contributed by atoms with Crippen molar-refractivity contribution in [1.82, 2.24) is 5.32 Å². The highest BCUT2D eigenvalue weighted by Crippen LogP contribution is 2.14. The largest absolute Gasteiger partial charge is 0.508 e. The van der Waals surface area contributed by atoms with Gasteiger partial charge in [-0.3, -0.25) is 0 Å². The Hall–Kier alpha value is -1.07. The number of benzene rings is 1. The minimum atomic E-state index is -2.99. The molecule has 1 aliphatic rings. The zero-order valence-electron chi connectivity index (χ0n) is 9.59. The zero-order valence-corrected chi connectivity index (χ0v) is 10.4. The van der Waals surface area contributed by atoms with E-state index in [1.165, 1.54) is 0 Å². The summed E-state index contributed by atoms with van der Waals surface area (Å²) >= 11 is 0. The second-order valence-corrected chi connectivity index (χ2v) is 6.80. The lowest BCUT2D eigenvalue weighted by atomic mass is 10.2. The van der Waals surface area contributed by atoms with Crippen molar-refractivity contribution in [3.8, 4) is 5.75 Å². The third-order valence-corrected chi connectivity index (χ3v) is 5.33. The Morgan fingerprint density at radius 2 is 2.00 bits per heavy atom. The number of nitrogens with one attached hydrogen (secondary N) is 1. The van der Waals surface area contributed by atoms with Crippen molar-refractivity contribution in [1.29, 1.82) is 0 Å². The third-order valence-electron chi connectivity index (χ3n) is 3.13. The van der Waals surface area contributed by atoms with Crippen LogP contribution in [0.3, 0.4) is 0 Å². The first-order chi connectivity index (χ1) is 8.08. The second kappa shape index (κ2) is 5.06. The molecule has 0 radical (unpaired) electrons. The van der Waals surface area contributed by atoms with Crippen molar-refractivity contribution in [2.75, 3.05) is 18.8 Å². The van der Waals surface area contributed by atoms with Crippen molar-refractivity contribution in [2.45, 2.75) is 18.1 Å². The molecule has 1 saturated heterocycles. The van der Waals surface area contributed by atoms with E-state index < -0.39 is 9.84 Å². The van der Waals surface area contributed by atoms with E-state index >= 15 is 0 Å². The van der Waals surface area contributed by atoms with Crippen LogP contribution in [-0.4, -0.2) is 37.6 Å². The van der Waals surface area contributed by atoms with Gasteiger partial charge in [-0.15, -0.1) is 0 Å². The van der Waals surface area contributed by atoms with Gasteiger partial charge in [0, 0.05) is 6.54 Å². The quantitative estimate of drug-likeness (QED) is 0.831. The van der Waals surface area contributed by atoms with E-state index in [2.05, 4.69) is 5.32 Å². The van der Waals surface area contributed by atoms with Crippen LogP contribution in [0.5, 0.6) is 5.75 Å². The highest BCUT2D eigenvalue weighted by molar-refractivity contribution is 7.92.